The number of amidine groups is 1. The van der Waals surface area contributed by atoms with Crippen LogP contribution in [-0.4, -0.2) is 21.1 Å². The zero-order valence-corrected chi connectivity index (χ0v) is 8.31. The summed E-state index contributed by atoms with van der Waals surface area (Å²) in [6, 6.07) is 0. The summed E-state index contributed by atoms with van der Waals surface area (Å²) in [7, 11) is 1.94. The molecule has 0 spiro atoms. The second kappa shape index (κ2) is 3.25. The van der Waals surface area contributed by atoms with Gasteiger partial charge in [0.05, 0.1) is 23.9 Å². The molecule has 0 saturated carbocycles. The van der Waals surface area contributed by atoms with Gasteiger partial charge < -0.3 is 10.3 Å². The zero-order valence-electron chi connectivity index (χ0n) is 8.31. The van der Waals surface area contributed by atoms with Gasteiger partial charge in [0.2, 0.25) is 0 Å². The van der Waals surface area contributed by atoms with Crippen molar-refractivity contribution in [2.24, 2.45) is 28.9 Å². The first-order valence-electron chi connectivity index (χ1n) is 4.55. The SMILES string of the molecule is CC1CC(N)=NN=C1c1cncn1C. The van der Waals surface area contributed by atoms with Gasteiger partial charge in [0.1, 0.15) is 5.84 Å². The van der Waals surface area contributed by atoms with Crippen LogP contribution < -0.4 is 5.73 Å². The molecule has 14 heavy (non-hydrogen) atoms. The minimum absolute atomic E-state index is 0.308. The molecule has 1 aliphatic rings. The lowest BCUT2D eigenvalue weighted by Crippen LogP contribution is -2.26. The lowest BCUT2D eigenvalue weighted by Gasteiger charge is -2.16. The van der Waals surface area contributed by atoms with Crippen LogP contribution in [0.1, 0.15) is 19.0 Å². The molecule has 1 unspecified atom stereocenters. The van der Waals surface area contributed by atoms with Crippen molar-refractivity contribution >= 4 is 11.5 Å². The van der Waals surface area contributed by atoms with Gasteiger partial charge in [-0.1, -0.05) is 6.92 Å². The predicted molar refractivity (Wildman–Crippen MR) is 55.1 cm³/mol. The lowest BCUT2D eigenvalue weighted by atomic mass is 9.98. The van der Waals surface area contributed by atoms with Crippen LogP contribution in [0.4, 0.5) is 0 Å². The van der Waals surface area contributed by atoms with Crippen LogP contribution >= 0.6 is 0 Å². The Hall–Kier alpha value is -1.65. The van der Waals surface area contributed by atoms with Crippen LogP contribution in [0.5, 0.6) is 0 Å². The average molecular weight is 191 g/mol. The molecule has 0 aliphatic carbocycles. The standard InChI is InChI=1S/C9H13N5/c1-6-3-8(10)12-13-9(6)7-4-11-5-14(7)2/h4-6H,3H2,1-2H3,(H2,10,12). The van der Waals surface area contributed by atoms with E-state index >= 15 is 0 Å². The van der Waals surface area contributed by atoms with Crippen LogP contribution in [0.2, 0.25) is 0 Å². The van der Waals surface area contributed by atoms with Crippen molar-refractivity contribution in [3.8, 4) is 0 Å². The summed E-state index contributed by atoms with van der Waals surface area (Å²) in [4.78, 5) is 4.05. The van der Waals surface area contributed by atoms with Gasteiger partial charge in [0, 0.05) is 19.4 Å². The first-order chi connectivity index (χ1) is 6.68. The van der Waals surface area contributed by atoms with E-state index in [9.17, 15) is 0 Å². The summed E-state index contributed by atoms with van der Waals surface area (Å²) in [6.07, 6.45) is 4.32. The van der Waals surface area contributed by atoms with Crippen molar-refractivity contribution in [1.29, 1.82) is 0 Å². The van der Waals surface area contributed by atoms with Crippen molar-refractivity contribution in [1.82, 2.24) is 9.55 Å². The van der Waals surface area contributed by atoms with E-state index < -0.39 is 0 Å². The van der Waals surface area contributed by atoms with E-state index in [4.69, 9.17) is 5.73 Å². The van der Waals surface area contributed by atoms with Gasteiger partial charge in [-0.25, -0.2) is 4.98 Å². The van der Waals surface area contributed by atoms with Crippen LogP contribution in [-0.2, 0) is 7.05 Å². The largest absolute Gasteiger partial charge is 0.386 e. The Bertz CT molecular complexity index is 401. The number of imidazole rings is 1. The first-order valence-corrected chi connectivity index (χ1v) is 4.55. The number of hydrogen-bond donors (Lipinski definition) is 1. The van der Waals surface area contributed by atoms with E-state index in [1.54, 1.807) is 12.5 Å². The molecule has 5 heteroatoms. The van der Waals surface area contributed by atoms with E-state index in [0.717, 1.165) is 17.8 Å². The van der Waals surface area contributed by atoms with Gasteiger partial charge in [-0.2, -0.15) is 5.10 Å². The summed E-state index contributed by atoms with van der Waals surface area (Å²) >= 11 is 0. The summed E-state index contributed by atoms with van der Waals surface area (Å²) in [5.74, 6) is 0.909. The van der Waals surface area contributed by atoms with Crippen LogP contribution in [0.15, 0.2) is 22.7 Å². The molecule has 0 bridgehead atoms. The van der Waals surface area contributed by atoms with E-state index in [-0.39, 0.29) is 0 Å². The molecular formula is C9H13N5. The molecule has 74 valence electrons. The number of nitrogens with two attached hydrogens (primary N) is 1. The van der Waals surface area contributed by atoms with E-state index in [1.165, 1.54) is 0 Å². The Labute approximate surface area is 82.4 Å². The van der Waals surface area contributed by atoms with Crippen LogP contribution in [0.25, 0.3) is 0 Å². The Kier molecular flexibility index (Phi) is 2.07. The average Bonchev–Trinajstić information content (AvgIpc) is 2.52. The predicted octanol–water partition coefficient (Wildman–Crippen LogP) is 0.521. The van der Waals surface area contributed by atoms with Gasteiger partial charge in [-0.05, 0) is 0 Å². The van der Waals surface area contributed by atoms with E-state index in [0.29, 0.717) is 11.8 Å². The third kappa shape index (κ3) is 1.41. The Morgan fingerprint density at radius 2 is 2.29 bits per heavy atom. The summed E-state index contributed by atoms with van der Waals surface area (Å²) in [5, 5.41) is 8.01. The van der Waals surface area contributed by atoms with Crippen molar-refractivity contribution in [3.05, 3.63) is 18.2 Å². The Morgan fingerprint density at radius 3 is 2.86 bits per heavy atom. The number of aryl methyl sites for hydroxylation is 1. The molecule has 0 aromatic carbocycles. The van der Waals surface area contributed by atoms with Gasteiger partial charge in [0.15, 0.2) is 0 Å². The van der Waals surface area contributed by atoms with Gasteiger partial charge in [-0.3, -0.25) is 0 Å². The van der Waals surface area contributed by atoms with E-state index in [2.05, 4.69) is 22.1 Å². The van der Waals surface area contributed by atoms with E-state index in [1.807, 2.05) is 11.6 Å². The molecule has 0 fully saturated rings. The highest BCUT2D eigenvalue weighted by Crippen LogP contribution is 2.16. The highest BCUT2D eigenvalue weighted by Gasteiger charge is 2.20. The topological polar surface area (TPSA) is 68.6 Å². The maximum atomic E-state index is 5.60. The third-order valence-electron chi connectivity index (χ3n) is 2.35. The second-order valence-corrected chi connectivity index (χ2v) is 3.57. The van der Waals surface area contributed by atoms with Crippen molar-refractivity contribution < 1.29 is 0 Å². The fraction of sp³-hybridized carbons (Fsp3) is 0.444. The quantitative estimate of drug-likeness (QED) is 0.703. The molecule has 1 aromatic heterocycles. The number of nitrogens with zero attached hydrogens (tertiary/aromatic N) is 4. The molecule has 1 atom stereocenters. The minimum atomic E-state index is 0.308. The molecule has 1 aliphatic heterocycles. The van der Waals surface area contributed by atoms with Crippen LogP contribution in [0, 0.1) is 5.92 Å². The molecular weight excluding hydrogens is 178 g/mol. The molecule has 2 N–H and O–H groups in total. The number of aromatic nitrogens is 2. The normalized spacial score (nSPS) is 21.7. The van der Waals surface area contributed by atoms with Crippen molar-refractivity contribution in [3.63, 3.8) is 0 Å². The maximum Gasteiger partial charge on any atom is 0.123 e. The first kappa shape index (κ1) is 8.93. The fourth-order valence-electron chi connectivity index (χ4n) is 1.58. The monoisotopic (exact) mass is 191 g/mol. The highest BCUT2D eigenvalue weighted by molar-refractivity contribution is 6.04. The summed E-state index contributed by atoms with van der Waals surface area (Å²) < 4.78 is 1.94. The molecule has 0 saturated heterocycles. The Balaban J connectivity index is 2.40. The maximum absolute atomic E-state index is 5.60. The molecule has 1 aromatic rings. The highest BCUT2D eigenvalue weighted by atomic mass is 15.3. The fourth-order valence-corrected chi connectivity index (χ4v) is 1.58. The summed E-state index contributed by atoms with van der Waals surface area (Å²) in [5.41, 5.74) is 7.56. The number of rotatable bonds is 1. The lowest BCUT2D eigenvalue weighted by molar-refractivity contribution is 0.768. The second-order valence-electron chi connectivity index (χ2n) is 3.57. The Morgan fingerprint density at radius 1 is 1.50 bits per heavy atom. The molecule has 5 nitrogen and oxygen atoms in total. The molecule has 2 rings (SSSR count). The minimum Gasteiger partial charge on any atom is -0.386 e. The van der Waals surface area contributed by atoms with Gasteiger partial charge in [-0.15, -0.1) is 5.10 Å². The van der Waals surface area contributed by atoms with Crippen LogP contribution in [0.3, 0.4) is 0 Å². The van der Waals surface area contributed by atoms with Crippen molar-refractivity contribution in [2.45, 2.75) is 13.3 Å². The smallest absolute Gasteiger partial charge is 0.123 e. The summed E-state index contributed by atoms with van der Waals surface area (Å²) in [6.45, 7) is 2.09. The molecule has 0 radical (unpaired) electrons. The third-order valence-corrected chi connectivity index (χ3v) is 2.35. The van der Waals surface area contributed by atoms with Gasteiger partial charge >= 0.3 is 0 Å². The van der Waals surface area contributed by atoms with Crippen molar-refractivity contribution in [2.75, 3.05) is 0 Å². The zero-order chi connectivity index (χ0) is 10.1. The molecule has 2 heterocycles. The number of hydrogen-bond acceptors (Lipinski definition) is 4. The molecule has 0 amide bonds. The van der Waals surface area contributed by atoms with Gasteiger partial charge in [0.25, 0.3) is 0 Å².